The molecule has 3 aromatic carbocycles. The molecule has 3 rings (SSSR count). The van der Waals surface area contributed by atoms with Crippen LogP contribution in [0.2, 0.25) is 5.02 Å². The molecule has 0 bridgehead atoms. The summed E-state index contributed by atoms with van der Waals surface area (Å²) in [5.41, 5.74) is 8.36. The zero-order valence-corrected chi connectivity index (χ0v) is 12.0. The number of halogens is 1. The van der Waals surface area contributed by atoms with Crippen LogP contribution < -0.4 is 10.5 Å². The van der Waals surface area contributed by atoms with Crippen LogP contribution in [0.4, 0.5) is 5.69 Å². The van der Waals surface area contributed by atoms with Gasteiger partial charge in [-0.15, -0.1) is 0 Å². The lowest BCUT2D eigenvalue weighted by Crippen LogP contribution is -1.87. The fourth-order valence-electron chi connectivity index (χ4n) is 2.09. The highest BCUT2D eigenvalue weighted by Crippen LogP contribution is 2.31. The molecule has 2 N–H and O–H groups in total. The summed E-state index contributed by atoms with van der Waals surface area (Å²) < 4.78 is 5.77. The number of para-hydroxylation sites is 1. The number of nitrogen functional groups attached to an aromatic ring is 1. The third-order valence-electron chi connectivity index (χ3n) is 3.14. The van der Waals surface area contributed by atoms with Crippen LogP contribution in [0.15, 0.2) is 72.8 Å². The summed E-state index contributed by atoms with van der Waals surface area (Å²) in [6.45, 7) is 0. The number of hydrogen-bond donors (Lipinski definition) is 1. The van der Waals surface area contributed by atoms with E-state index in [9.17, 15) is 0 Å². The van der Waals surface area contributed by atoms with Crippen molar-refractivity contribution in [3.05, 3.63) is 77.8 Å². The summed E-state index contributed by atoms with van der Waals surface area (Å²) in [5.74, 6) is 1.60. The lowest BCUT2D eigenvalue weighted by molar-refractivity contribution is 0.483. The van der Waals surface area contributed by atoms with Crippen molar-refractivity contribution >= 4 is 17.3 Å². The zero-order chi connectivity index (χ0) is 14.7. The van der Waals surface area contributed by atoms with Gasteiger partial charge in [0, 0.05) is 11.3 Å². The Labute approximate surface area is 128 Å². The van der Waals surface area contributed by atoms with E-state index in [1.165, 1.54) is 0 Å². The summed E-state index contributed by atoms with van der Waals surface area (Å²) in [6, 6.07) is 23.0. The molecule has 0 radical (unpaired) electrons. The molecule has 0 unspecified atom stereocenters. The van der Waals surface area contributed by atoms with E-state index >= 15 is 0 Å². The largest absolute Gasteiger partial charge is 0.457 e. The van der Waals surface area contributed by atoms with E-state index < -0.39 is 0 Å². The van der Waals surface area contributed by atoms with Crippen LogP contribution in [-0.2, 0) is 0 Å². The van der Waals surface area contributed by atoms with Crippen LogP contribution in [0.5, 0.6) is 11.5 Å². The topological polar surface area (TPSA) is 35.2 Å². The minimum absolute atomic E-state index is 0.645. The van der Waals surface area contributed by atoms with Crippen molar-refractivity contribution in [3.63, 3.8) is 0 Å². The molecule has 0 aliphatic heterocycles. The van der Waals surface area contributed by atoms with E-state index in [0.29, 0.717) is 10.7 Å². The number of anilines is 1. The standard InChI is InChI=1S/C18H14ClNO/c19-18-12-14(20)8-11-17(18)13-6-9-16(10-7-13)21-15-4-2-1-3-5-15/h1-12H,20H2. The highest BCUT2D eigenvalue weighted by atomic mass is 35.5. The van der Waals surface area contributed by atoms with Gasteiger partial charge in [-0.25, -0.2) is 0 Å². The van der Waals surface area contributed by atoms with Crippen molar-refractivity contribution in [2.45, 2.75) is 0 Å². The van der Waals surface area contributed by atoms with Gasteiger partial charge in [-0.1, -0.05) is 48.0 Å². The van der Waals surface area contributed by atoms with Gasteiger partial charge in [-0.3, -0.25) is 0 Å². The molecule has 2 nitrogen and oxygen atoms in total. The summed E-state index contributed by atoms with van der Waals surface area (Å²) in [6.07, 6.45) is 0. The zero-order valence-electron chi connectivity index (χ0n) is 11.3. The molecule has 0 aromatic heterocycles. The molecule has 0 heterocycles. The third-order valence-corrected chi connectivity index (χ3v) is 3.45. The minimum Gasteiger partial charge on any atom is -0.457 e. The number of nitrogens with two attached hydrogens (primary N) is 1. The Morgan fingerprint density at radius 1 is 0.762 bits per heavy atom. The van der Waals surface area contributed by atoms with E-state index in [1.54, 1.807) is 6.07 Å². The molecule has 104 valence electrons. The third kappa shape index (κ3) is 3.18. The monoisotopic (exact) mass is 295 g/mol. The molecule has 0 amide bonds. The number of hydrogen-bond acceptors (Lipinski definition) is 2. The highest BCUT2D eigenvalue weighted by molar-refractivity contribution is 6.33. The average molecular weight is 296 g/mol. The van der Waals surface area contributed by atoms with E-state index in [2.05, 4.69) is 0 Å². The van der Waals surface area contributed by atoms with E-state index in [0.717, 1.165) is 22.6 Å². The van der Waals surface area contributed by atoms with Gasteiger partial charge in [-0.2, -0.15) is 0 Å². The molecule has 21 heavy (non-hydrogen) atoms. The quantitative estimate of drug-likeness (QED) is 0.658. The first-order valence-corrected chi connectivity index (χ1v) is 6.98. The summed E-state index contributed by atoms with van der Waals surface area (Å²) >= 11 is 6.22. The maximum Gasteiger partial charge on any atom is 0.127 e. The highest BCUT2D eigenvalue weighted by Gasteiger charge is 2.04. The molecule has 0 fully saturated rings. The van der Waals surface area contributed by atoms with Crippen molar-refractivity contribution in [2.24, 2.45) is 0 Å². The van der Waals surface area contributed by atoms with Gasteiger partial charge in [0.15, 0.2) is 0 Å². The minimum atomic E-state index is 0.645. The second kappa shape index (κ2) is 5.90. The van der Waals surface area contributed by atoms with Crippen molar-refractivity contribution in [1.29, 1.82) is 0 Å². The lowest BCUT2D eigenvalue weighted by atomic mass is 10.1. The summed E-state index contributed by atoms with van der Waals surface area (Å²) in [4.78, 5) is 0. The second-order valence-electron chi connectivity index (χ2n) is 4.68. The fourth-order valence-corrected chi connectivity index (χ4v) is 2.39. The Morgan fingerprint density at radius 2 is 1.43 bits per heavy atom. The molecule has 3 heteroatoms. The molecular weight excluding hydrogens is 282 g/mol. The van der Waals surface area contributed by atoms with Gasteiger partial charge < -0.3 is 10.5 Å². The predicted octanol–water partition coefficient (Wildman–Crippen LogP) is 5.38. The van der Waals surface area contributed by atoms with Gasteiger partial charge in [0.2, 0.25) is 0 Å². The summed E-state index contributed by atoms with van der Waals surface area (Å²) in [5, 5.41) is 0.645. The Hall–Kier alpha value is -2.45. The van der Waals surface area contributed by atoms with Crippen LogP contribution in [0.1, 0.15) is 0 Å². The van der Waals surface area contributed by atoms with E-state index in [4.69, 9.17) is 22.1 Å². The van der Waals surface area contributed by atoms with Crippen molar-refractivity contribution in [1.82, 2.24) is 0 Å². The number of ether oxygens (including phenoxy) is 1. The van der Waals surface area contributed by atoms with Gasteiger partial charge in [0.1, 0.15) is 11.5 Å². The average Bonchev–Trinajstić information content (AvgIpc) is 2.49. The molecular formula is C18H14ClNO. The van der Waals surface area contributed by atoms with E-state index in [-0.39, 0.29) is 0 Å². The summed E-state index contributed by atoms with van der Waals surface area (Å²) in [7, 11) is 0. The second-order valence-corrected chi connectivity index (χ2v) is 5.09. The maximum absolute atomic E-state index is 6.22. The molecule has 3 aromatic rings. The first kappa shape index (κ1) is 13.5. The molecule has 0 aliphatic carbocycles. The van der Waals surface area contributed by atoms with Crippen molar-refractivity contribution < 1.29 is 4.74 Å². The van der Waals surface area contributed by atoms with E-state index in [1.807, 2.05) is 66.7 Å². The normalized spacial score (nSPS) is 10.3. The molecule has 0 saturated heterocycles. The molecule has 0 aliphatic rings. The first-order valence-electron chi connectivity index (χ1n) is 6.61. The van der Waals surface area contributed by atoms with Gasteiger partial charge in [0.05, 0.1) is 5.02 Å². The van der Waals surface area contributed by atoms with Gasteiger partial charge in [0.25, 0.3) is 0 Å². The van der Waals surface area contributed by atoms with Crippen LogP contribution in [0, 0.1) is 0 Å². The number of benzene rings is 3. The van der Waals surface area contributed by atoms with Gasteiger partial charge >= 0.3 is 0 Å². The first-order chi connectivity index (χ1) is 10.2. The maximum atomic E-state index is 6.22. The number of rotatable bonds is 3. The fraction of sp³-hybridized carbons (Fsp3) is 0. The Balaban J connectivity index is 1.84. The van der Waals surface area contributed by atoms with Crippen LogP contribution in [0.25, 0.3) is 11.1 Å². The molecule has 0 atom stereocenters. The van der Waals surface area contributed by atoms with Crippen molar-refractivity contribution in [2.75, 3.05) is 5.73 Å². The molecule has 0 saturated carbocycles. The Morgan fingerprint density at radius 3 is 2.10 bits per heavy atom. The van der Waals surface area contributed by atoms with Crippen LogP contribution in [0.3, 0.4) is 0 Å². The Bertz CT molecular complexity index is 739. The van der Waals surface area contributed by atoms with Crippen LogP contribution >= 0.6 is 11.6 Å². The van der Waals surface area contributed by atoms with Crippen molar-refractivity contribution in [3.8, 4) is 22.6 Å². The molecule has 0 spiro atoms. The Kier molecular flexibility index (Phi) is 3.80. The van der Waals surface area contributed by atoms with Gasteiger partial charge in [-0.05, 0) is 42.0 Å². The van der Waals surface area contributed by atoms with Crippen LogP contribution in [-0.4, -0.2) is 0 Å². The predicted molar refractivity (Wildman–Crippen MR) is 87.8 cm³/mol. The lowest BCUT2D eigenvalue weighted by Gasteiger charge is -2.08. The SMILES string of the molecule is Nc1ccc(-c2ccc(Oc3ccccc3)cc2)c(Cl)c1. The smallest absolute Gasteiger partial charge is 0.127 e.